The molecular weight excluding hydrogens is 266 g/mol. The van der Waals surface area contributed by atoms with Gasteiger partial charge in [-0.3, -0.25) is 9.78 Å². The van der Waals surface area contributed by atoms with Crippen LogP contribution in [0.4, 0.5) is 0 Å². The first kappa shape index (κ1) is 13.3. The number of hydrazone groups is 1. The first-order chi connectivity index (χ1) is 10.3. The number of nitrogens with zero attached hydrogens (tertiary/aromatic N) is 3. The summed E-state index contributed by atoms with van der Waals surface area (Å²) < 4.78 is 5.39. The molecule has 3 rings (SSSR count). The zero-order chi connectivity index (χ0) is 14.7. The van der Waals surface area contributed by atoms with Gasteiger partial charge in [-0.2, -0.15) is 5.10 Å². The molecule has 1 unspecified atom stereocenters. The van der Waals surface area contributed by atoms with Crippen LogP contribution in [-0.2, 0) is 0 Å². The normalized spacial score (nSPS) is 17.0. The van der Waals surface area contributed by atoms with Crippen LogP contribution >= 0.6 is 0 Å². The van der Waals surface area contributed by atoms with Gasteiger partial charge in [-0.05, 0) is 18.2 Å². The van der Waals surface area contributed by atoms with Crippen LogP contribution in [0.2, 0.25) is 0 Å². The van der Waals surface area contributed by atoms with Gasteiger partial charge in [0, 0.05) is 30.6 Å². The Morgan fingerprint density at radius 2 is 2.14 bits per heavy atom. The van der Waals surface area contributed by atoms with Crippen LogP contribution in [0.25, 0.3) is 0 Å². The fourth-order valence-corrected chi connectivity index (χ4v) is 2.43. The summed E-state index contributed by atoms with van der Waals surface area (Å²) in [5, 5.41) is 5.72. The quantitative estimate of drug-likeness (QED) is 0.869. The van der Waals surface area contributed by atoms with Gasteiger partial charge in [-0.1, -0.05) is 18.2 Å². The molecule has 5 heteroatoms. The SMILES string of the molecule is COc1ccccc1C1CC=NN1C(=O)c1cccnc1. The Hall–Kier alpha value is -2.69. The van der Waals surface area contributed by atoms with Crippen molar-refractivity contribution in [2.24, 2.45) is 5.10 Å². The van der Waals surface area contributed by atoms with Crippen LogP contribution in [0.15, 0.2) is 53.9 Å². The highest BCUT2D eigenvalue weighted by Crippen LogP contribution is 2.34. The Kier molecular flexibility index (Phi) is 3.64. The van der Waals surface area contributed by atoms with E-state index in [0.29, 0.717) is 12.0 Å². The minimum Gasteiger partial charge on any atom is -0.496 e. The summed E-state index contributed by atoms with van der Waals surface area (Å²) in [7, 11) is 1.63. The highest BCUT2D eigenvalue weighted by Gasteiger charge is 2.30. The lowest BCUT2D eigenvalue weighted by Crippen LogP contribution is -2.27. The number of ether oxygens (including phenoxy) is 1. The molecule has 21 heavy (non-hydrogen) atoms. The second-order valence-corrected chi connectivity index (χ2v) is 4.68. The van der Waals surface area contributed by atoms with Crippen LogP contribution < -0.4 is 4.74 Å². The van der Waals surface area contributed by atoms with E-state index < -0.39 is 0 Å². The number of hydrogen-bond donors (Lipinski definition) is 0. The van der Waals surface area contributed by atoms with E-state index in [9.17, 15) is 4.79 Å². The summed E-state index contributed by atoms with van der Waals surface area (Å²) in [4.78, 5) is 16.5. The smallest absolute Gasteiger partial charge is 0.276 e. The van der Waals surface area contributed by atoms with Gasteiger partial charge in [0.25, 0.3) is 5.91 Å². The zero-order valence-corrected chi connectivity index (χ0v) is 11.6. The van der Waals surface area contributed by atoms with Crippen molar-refractivity contribution in [1.29, 1.82) is 0 Å². The molecule has 0 aliphatic carbocycles. The third kappa shape index (κ3) is 2.50. The van der Waals surface area contributed by atoms with Crippen molar-refractivity contribution in [2.45, 2.75) is 12.5 Å². The molecule has 0 radical (unpaired) electrons. The monoisotopic (exact) mass is 281 g/mol. The number of aromatic nitrogens is 1. The van der Waals surface area contributed by atoms with Crippen molar-refractivity contribution < 1.29 is 9.53 Å². The van der Waals surface area contributed by atoms with Crippen molar-refractivity contribution in [2.75, 3.05) is 7.11 Å². The molecule has 0 saturated heterocycles. The number of amides is 1. The van der Waals surface area contributed by atoms with E-state index >= 15 is 0 Å². The minimum atomic E-state index is -0.159. The molecule has 106 valence electrons. The van der Waals surface area contributed by atoms with Gasteiger partial charge in [0.15, 0.2) is 0 Å². The van der Waals surface area contributed by atoms with Crippen molar-refractivity contribution >= 4 is 12.1 Å². The molecule has 1 amide bonds. The maximum Gasteiger partial charge on any atom is 0.276 e. The topological polar surface area (TPSA) is 54.8 Å². The maximum atomic E-state index is 12.6. The summed E-state index contributed by atoms with van der Waals surface area (Å²) in [5.41, 5.74) is 1.48. The number of hydrogen-bond acceptors (Lipinski definition) is 4. The van der Waals surface area contributed by atoms with Crippen LogP contribution in [0.1, 0.15) is 28.4 Å². The molecule has 0 bridgehead atoms. The van der Waals surface area contributed by atoms with Crippen LogP contribution in [0.3, 0.4) is 0 Å². The zero-order valence-electron chi connectivity index (χ0n) is 11.6. The van der Waals surface area contributed by atoms with Gasteiger partial charge in [-0.25, -0.2) is 5.01 Å². The molecule has 2 heterocycles. The maximum absolute atomic E-state index is 12.6. The van der Waals surface area contributed by atoms with E-state index in [1.54, 1.807) is 37.9 Å². The fraction of sp³-hybridized carbons (Fsp3) is 0.188. The largest absolute Gasteiger partial charge is 0.496 e. The average molecular weight is 281 g/mol. The average Bonchev–Trinajstić information content (AvgIpc) is 3.04. The first-order valence-corrected chi connectivity index (χ1v) is 6.70. The molecule has 5 nitrogen and oxygen atoms in total. The van der Waals surface area contributed by atoms with Gasteiger partial charge < -0.3 is 4.74 Å². The molecule has 1 aromatic heterocycles. The summed E-state index contributed by atoms with van der Waals surface area (Å²) in [6, 6.07) is 11.0. The third-order valence-corrected chi connectivity index (χ3v) is 3.44. The summed E-state index contributed by atoms with van der Waals surface area (Å²) in [6.45, 7) is 0. The van der Waals surface area contributed by atoms with Gasteiger partial charge in [-0.15, -0.1) is 0 Å². The van der Waals surface area contributed by atoms with Crippen molar-refractivity contribution in [3.05, 3.63) is 59.9 Å². The second kappa shape index (κ2) is 5.75. The number of carbonyl (C=O) groups excluding carboxylic acids is 1. The molecule has 0 fully saturated rings. The number of methoxy groups -OCH3 is 1. The molecule has 2 aromatic rings. The molecule has 1 aliphatic heterocycles. The number of rotatable bonds is 3. The molecule has 0 spiro atoms. The lowest BCUT2D eigenvalue weighted by molar-refractivity contribution is 0.0709. The highest BCUT2D eigenvalue weighted by molar-refractivity contribution is 5.95. The Labute approximate surface area is 122 Å². The van der Waals surface area contributed by atoms with Crippen LogP contribution in [0.5, 0.6) is 5.75 Å². The molecular formula is C16H15N3O2. The molecule has 0 saturated carbocycles. The van der Waals surface area contributed by atoms with Crippen LogP contribution in [0, 0.1) is 0 Å². The standard InChI is InChI=1S/C16H15N3O2/c1-21-15-7-3-2-6-13(15)14-8-10-18-19(14)16(20)12-5-4-9-17-11-12/h2-7,9-11,14H,8H2,1H3. The number of carbonyl (C=O) groups is 1. The van der Waals surface area contributed by atoms with E-state index in [4.69, 9.17) is 4.74 Å². The Balaban J connectivity index is 1.92. The Bertz CT molecular complexity index is 670. The lowest BCUT2D eigenvalue weighted by atomic mass is 10.0. The van der Waals surface area contributed by atoms with Crippen molar-refractivity contribution in [1.82, 2.24) is 9.99 Å². The Morgan fingerprint density at radius 1 is 1.29 bits per heavy atom. The molecule has 1 atom stereocenters. The summed E-state index contributed by atoms with van der Waals surface area (Å²) in [5.74, 6) is 0.602. The molecule has 1 aromatic carbocycles. The molecule has 0 N–H and O–H groups in total. The van der Waals surface area contributed by atoms with E-state index in [1.165, 1.54) is 5.01 Å². The summed E-state index contributed by atoms with van der Waals surface area (Å²) in [6.07, 6.45) is 5.62. The van der Waals surface area contributed by atoms with E-state index in [0.717, 1.165) is 11.3 Å². The summed E-state index contributed by atoms with van der Waals surface area (Å²) >= 11 is 0. The van der Waals surface area contributed by atoms with E-state index in [1.807, 2.05) is 24.3 Å². The third-order valence-electron chi connectivity index (χ3n) is 3.44. The van der Waals surface area contributed by atoms with E-state index in [-0.39, 0.29) is 11.9 Å². The van der Waals surface area contributed by atoms with Crippen molar-refractivity contribution in [3.8, 4) is 5.75 Å². The predicted octanol–water partition coefficient (Wildman–Crippen LogP) is 2.66. The van der Waals surface area contributed by atoms with Gasteiger partial charge in [0.05, 0.1) is 18.7 Å². The number of benzene rings is 1. The second-order valence-electron chi connectivity index (χ2n) is 4.68. The fourth-order valence-electron chi connectivity index (χ4n) is 2.43. The Morgan fingerprint density at radius 3 is 2.90 bits per heavy atom. The highest BCUT2D eigenvalue weighted by atomic mass is 16.5. The van der Waals surface area contributed by atoms with Gasteiger partial charge in [0.1, 0.15) is 5.75 Å². The predicted molar refractivity (Wildman–Crippen MR) is 79.3 cm³/mol. The molecule has 1 aliphatic rings. The number of pyridine rings is 1. The lowest BCUT2D eigenvalue weighted by Gasteiger charge is -2.23. The van der Waals surface area contributed by atoms with E-state index in [2.05, 4.69) is 10.1 Å². The van der Waals surface area contributed by atoms with Gasteiger partial charge >= 0.3 is 0 Å². The van der Waals surface area contributed by atoms with Gasteiger partial charge in [0.2, 0.25) is 0 Å². The van der Waals surface area contributed by atoms with Crippen molar-refractivity contribution in [3.63, 3.8) is 0 Å². The first-order valence-electron chi connectivity index (χ1n) is 6.70. The number of para-hydroxylation sites is 1. The minimum absolute atomic E-state index is 0.145. The van der Waals surface area contributed by atoms with Crippen LogP contribution in [-0.4, -0.2) is 29.2 Å².